The van der Waals surface area contributed by atoms with Crippen molar-refractivity contribution in [3.05, 3.63) is 0 Å². The summed E-state index contributed by atoms with van der Waals surface area (Å²) in [7, 11) is 0. The Bertz CT molecular complexity index is 172. The van der Waals surface area contributed by atoms with E-state index in [0.717, 1.165) is 36.1 Å². The molecule has 0 amide bonds. The molecule has 0 N–H and O–H groups in total. The molecule has 0 spiro atoms. The first-order valence-electron chi connectivity index (χ1n) is 7.81. The van der Waals surface area contributed by atoms with Crippen molar-refractivity contribution in [2.75, 3.05) is 0 Å². The summed E-state index contributed by atoms with van der Waals surface area (Å²) in [6.45, 7) is 20.1. The zero-order valence-corrected chi connectivity index (χ0v) is 13.6. The molecule has 0 nitrogen and oxygen atoms in total. The third kappa shape index (κ3) is 5.97. The second-order valence-electron chi connectivity index (χ2n) is 7.00. The third-order valence-electron chi connectivity index (χ3n) is 4.91. The predicted octanol–water partition coefficient (Wildman–Crippen LogP) is 6.01. The minimum atomic E-state index is 0.815. The lowest BCUT2D eigenvalue weighted by Crippen LogP contribution is -2.31. The Labute approximate surface area is 111 Å². The summed E-state index contributed by atoms with van der Waals surface area (Å²) < 4.78 is 0. The number of hydrogen-bond donors (Lipinski definition) is 0. The van der Waals surface area contributed by atoms with E-state index in [1.807, 2.05) is 0 Å². The lowest BCUT2D eigenvalue weighted by molar-refractivity contribution is 0.523. The first kappa shape index (κ1) is 17.1. The molecule has 0 aromatic heterocycles. The Morgan fingerprint density at radius 1 is 0.765 bits per heavy atom. The molecule has 0 heterocycles. The van der Waals surface area contributed by atoms with E-state index in [0.29, 0.717) is 0 Å². The van der Waals surface area contributed by atoms with Gasteiger partial charge >= 0.3 is 0 Å². The maximum atomic E-state index is 2.47. The SMILES string of the molecule is CCCC(C)CB(C(C)C(C)C)C(C)C(C)C. The maximum absolute atomic E-state index is 2.47. The van der Waals surface area contributed by atoms with Crippen molar-refractivity contribution in [2.45, 2.75) is 86.2 Å². The third-order valence-corrected chi connectivity index (χ3v) is 4.91. The van der Waals surface area contributed by atoms with Crippen LogP contribution in [0.3, 0.4) is 0 Å². The molecule has 102 valence electrons. The van der Waals surface area contributed by atoms with Crippen molar-refractivity contribution in [1.82, 2.24) is 0 Å². The lowest BCUT2D eigenvalue weighted by atomic mass is 9.28. The van der Waals surface area contributed by atoms with E-state index in [1.54, 1.807) is 0 Å². The topological polar surface area (TPSA) is 0 Å². The van der Waals surface area contributed by atoms with Gasteiger partial charge in [0.1, 0.15) is 6.71 Å². The Morgan fingerprint density at radius 3 is 1.47 bits per heavy atom. The number of hydrogen-bond acceptors (Lipinski definition) is 0. The van der Waals surface area contributed by atoms with Gasteiger partial charge in [0.15, 0.2) is 0 Å². The van der Waals surface area contributed by atoms with Crippen molar-refractivity contribution in [1.29, 1.82) is 0 Å². The van der Waals surface area contributed by atoms with Gasteiger partial charge in [0.25, 0.3) is 0 Å². The molecule has 17 heavy (non-hydrogen) atoms. The van der Waals surface area contributed by atoms with Crippen molar-refractivity contribution >= 4 is 6.71 Å². The van der Waals surface area contributed by atoms with E-state index < -0.39 is 0 Å². The summed E-state index contributed by atoms with van der Waals surface area (Å²) in [5, 5.41) is 0. The van der Waals surface area contributed by atoms with Crippen molar-refractivity contribution in [3.8, 4) is 0 Å². The summed E-state index contributed by atoms with van der Waals surface area (Å²) in [4.78, 5) is 0. The first-order valence-corrected chi connectivity index (χ1v) is 7.81. The van der Waals surface area contributed by atoms with Crippen LogP contribution in [0.5, 0.6) is 0 Å². The molecule has 0 saturated heterocycles. The minimum Gasteiger partial charge on any atom is -0.0711 e. The molecular weight excluding hydrogens is 203 g/mol. The molecular formula is C16H35B. The van der Waals surface area contributed by atoms with Gasteiger partial charge in [-0.25, -0.2) is 0 Å². The van der Waals surface area contributed by atoms with Crippen LogP contribution in [0.1, 0.15) is 68.2 Å². The van der Waals surface area contributed by atoms with Gasteiger partial charge < -0.3 is 0 Å². The van der Waals surface area contributed by atoms with Crippen LogP contribution in [0.15, 0.2) is 0 Å². The van der Waals surface area contributed by atoms with Crippen LogP contribution in [0.4, 0.5) is 0 Å². The fourth-order valence-corrected chi connectivity index (χ4v) is 2.97. The second-order valence-corrected chi connectivity index (χ2v) is 7.00. The summed E-state index contributed by atoms with van der Waals surface area (Å²) in [5.41, 5.74) is 0. The average Bonchev–Trinajstić information content (AvgIpc) is 2.24. The molecule has 0 aromatic rings. The molecule has 0 rings (SSSR count). The van der Waals surface area contributed by atoms with Crippen LogP contribution in [0.2, 0.25) is 18.0 Å². The van der Waals surface area contributed by atoms with Gasteiger partial charge in [-0.1, -0.05) is 104 Å². The van der Waals surface area contributed by atoms with E-state index in [9.17, 15) is 0 Å². The highest BCUT2D eigenvalue weighted by Crippen LogP contribution is 2.36. The van der Waals surface area contributed by atoms with Gasteiger partial charge in [-0.15, -0.1) is 0 Å². The largest absolute Gasteiger partial charge is 0.146 e. The second kappa shape index (κ2) is 8.22. The average molecular weight is 238 g/mol. The highest BCUT2D eigenvalue weighted by molar-refractivity contribution is 6.62. The molecule has 0 radical (unpaired) electrons. The van der Waals surface area contributed by atoms with E-state index in [-0.39, 0.29) is 0 Å². The van der Waals surface area contributed by atoms with Crippen LogP contribution in [0.25, 0.3) is 0 Å². The summed E-state index contributed by atoms with van der Waals surface area (Å²) in [6.07, 6.45) is 4.15. The van der Waals surface area contributed by atoms with Gasteiger partial charge in [-0.2, -0.15) is 0 Å². The molecule has 0 aliphatic carbocycles. The number of rotatable bonds is 8. The van der Waals surface area contributed by atoms with Crippen LogP contribution in [-0.2, 0) is 0 Å². The lowest BCUT2D eigenvalue weighted by Gasteiger charge is -2.33. The Hall–Kier alpha value is 0.0649. The molecule has 0 fully saturated rings. The molecule has 1 heteroatoms. The zero-order valence-electron chi connectivity index (χ0n) is 13.6. The van der Waals surface area contributed by atoms with Gasteiger partial charge in [-0.05, 0) is 0 Å². The molecule has 0 aliphatic heterocycles. The summed E-state index contributed by atoms with van der Waals surface area (Å²) in [5.74, 6) is 4.23. The zero-order chi connectivity index (χ0) is 13.6. The highest BCUT2D eigenvalue weighted by atomic mass is 14.2. The van der Waals surface area contributed by atoms with Crippen molar-refractivity contribution in [2.24, 2.45) is 17.8 Å². The fraction of sp³-hybridized carbons (Fsp3) is 1.00. The Balaban J connectivity index is 4.61. The maximum Gasteiger partial charge on any atom is 0.146 e. The normalized spacial score (nSPS) is 17.3. The minimum absolute atomic E-state index is 0.815. The van der Waals surface area contributed by atoms with Crippen molar-refractivity contribution in [3.63, 3.8) is 0 Å². The fourth-order valence-electron chi connectivity index (χ4n) is 2.97. The quantitative estimate of drug-likeness (QED) is 0.454. The van der Waals surface area contributed by atoms with E-state index in [1.165, 1.54) is 19.2 Å². The molecule has 0 aromatic carbocycles. The van der Waals surface area contributed by atoms with Gasteiger partial charge in [0.05, 0.1) is 0 Å². The van der Waals surface area contributed by atoms with Crippen LogP contribution < -0.4 is 0 Å². The van der Waals surface area contributed by atoms with Crippen molar-refractivity contribution < 1.29 is 0 Å². The van der Waals surface area contributed by atoms with Gasteiger partial charge in [-0.3, -0.25) is 0 Å². The Morgan fingerprint density at radius 2 is 1.18 bits per heavy atom. The van der Waals surface area contributed by atoms with Gasteiger partial charge in [0, 0.05) is 0 Å². The predicted molar refractivity (Wildman–Crippen MR) is 83.2 cm³/mol. The van der Waals surface area contributed by atoms with E-state index in [2.05, 4.69) is 55.4 Å². The molecule has 3 unspecified atom stereocenters. The highest BCUT2D eigenvalue weighted by Gasteiger charge is 2.31. The Kier molecular flexibility index (Phi) is 8.25. The first-order chi connectivity index (χ1) is 7.81. The molecule has 0 aliphatic rings. The summed E-state index contributed by atoms with van der Waals surface area (Å²) >= 11 is 0. The van der Waals surface area contributed by atoms with Crippen LogP contribution in [0, 0.1) is 17.8 Å². The molecule has 0 saturated carbocycles. The van der Waals surface area contributed by atoms with Gasteiger partial charge in [0.2, 0.25) is 0 Å². The van der Waals surface area contributed by atoms with Crippen LogP contribution in [-0.4, -0.2) is 6.71 Å². The van der Waals surface area contributed by atoms with E-state index in [4.69, 9.17) is 0 Å². The monoisotopic (exact) mass is 238 g/mol. The standard InChI is InChI=1S/C16H35B/c1-9-10-14(6)11-17(15(7)12(2)3)16(8)13(4)5/h12-16H,9-11H2,1-8H3. The van der Waals surface area contributed by atoms with E-state index >= 15 is 0 Å². The summed E-state index contributed by atoms with van der Waals surface area (Å²) in [6, 6.07) is 0. The van der Waals surface area contributed by atoms with Crippen LogP contribution >= 0.6 is 0 Å². The molecule has 3 atom stereocenters. The smallest absolute Gasteiger partial charge is 0.0711 e. The molecule has 0 bridgehead atoms.